The van der Waals surface area contributed by atoms with Crippen LogP contribution >= 0.6 is 0 Å². The SMILES string of the molecule is C.C.C.C.C=C(C)NC1CCN(C(=O)C(C)(C)C)CC1.C=S(C)(=O)NC1CCN(C(=O)C(C)(C)C)CC1.CC(=O)N1CCN(C(=O)C(C)(C)C)CC1.CC(C)(C)C(=O)N1CCC(N)CC1.CC1CCN(C(=O)C(C)C)CC1.CCC(F)CNC(=O)C(C)(C)C.CCCNC(=O)C(C)(C)C.CNC(=O)C(C)C. The van der Waals surface area contributed by atoms with Crippen LogP contribution in [0.3, 0.4) is 0 Å². The van der Waals surface area contributed by atoms with Gasteiger partial charge in [0.2, 0.25) is 53.2 Å². The van der Waals surface area contributed by atoms with E-state index in [-0.39, 0.29) is 128 Å². The van der Waals surface area contributed by atoms with Crippen LogP contribution in [0, 0.1) is 50.2 Å². The van der Waals surface area contributed by atoms with Crippen molar-refractivity contribution in [3.8, 4) is 0 Å². The summed E-state index contributed by atoms with van der Waals surface area (Å²) < 4.78 is 27.2. The number of nitrogens with one attached hydrogen (secondary N) is 5. The molecule has 0 saturated carbocycles. The number of alkyl halides is 1. The first-order valence-electron chi connectivity index (χ1n) is 37.7. The predicted octanol–water partition coefficient (Wildman–Crippen LogP) is 13.0. The highest BCUT2D eigenvalue weighted by molar-refractivity contribution is 7.97. The summed E-state index contributed by atoms with van der Waals surface area (Å²) in [5.41, 5.74) is 4.98. The fourth-order valence-corrected chi connectivity index (χ4v) is 11.3. The first-order valence-corrected chi connectivity index (χ1v) is 39.8. The van der Waals surface area contributed by atoms with Crippen LogP contribution in [0.2, 0.25) is 0 Å². The van der Waals surface area contributed by atoms with Gasteiger partial charge >= 0.3 is 0 Å². The average molecular weight is 1530 g/mol. The Balaban J connectivity index is -0.000000212. The molecule has 2 atom stereocenters. The minimum absolute atomic E-state index is 0. The maximum Gasteiger partial charge on any atom is 0.228 e. The molecule has 24 heteroatoms. The van der Waals surface area contributed by atoms with Gasteiger partial charge in [-0.25, -0.2) is 9.11 Å². The number of halogens is 1. The number of nitrogens with zero attached hydrogens (tertiary/aromatic N) is 6. The van der Waals surface area contributed by atoms with Gasteiger partial charge in [-0.2, -0.15) is 0 Å². The number of piperidine rings is 4. The molecule has 0 bridgehead atoms. The molecule has 0 aliphatic carbocycles. The maximum atomic E-state index is 12.7. The molecule has 5 rings (SSSR count). The van der Waals surface area contributed by atoms with Gasteiger partial charge < -0.3 is 56.4 Å². The van der Waals surface area contributed by atoms with Crippen molar-refractivity contribution in [3.05, 3.63) is 12.3 Å². The largest absolute Gasteiger partial charge is 0.386 e. The van der Waals surface area contributed by atoms with Gasteiger partial charge in [0.15, 0.2) is 0 Å². The van der Waals surface area contributed by atoms with Crippen LogP contribution < -0.4 is 31.7 Å². The van der Waals surface area contributed by atoms with Crippen LogP contribution in [-0.2, 0) is 52.9 Å². The summed E-state index contributed by atoms with van der Waals surface area (Å²) in [5, 5.41) is 11.3. The zero-order valence-electron chi connectivity index (χ0n) is 70.1. The molecular formula is C82H169FN12O10S. The van der Waals surface area contributed by atoms with Crippen molar-refractivity contribution in [3.63, 3.8) is 0 Å². The van der Waals surface area contributed by atoms with Crippen LogP contribution in [0.4, 0.5) is 4.39 Å². The fraction of sp³-hybridized carbons (Fsp3) is 0.854. The summed E-state index contributed by atoms with van der Waals surface area (Å²) in [4.78, 5) is 115. The van der Waals surface area contributed by atoms with E-state index in [0.717, 1.165) is 115 Å². The number of carbonyl (C=O) groups is 9. The van der Waals surface area contributed by atoms with Gasteiger partial charge in [0.1, 0.15) is 6.17 Å². The van der Waals surface area contributed by atoms with Crippen LogP contribution in [0.5, 0.6) is 0 Å². The predicted molar refractivity (Wildman–Crippen MR) is 448 cm³/mol. The average Bonchev–Trinajstić information content (AvgIpc) is 0.860. The van der Waals surface area contributed by atoms with E-state index in [1.165, 1.54) is 12.8 Å². The molecule has 0 radical (unpaired) electrons. The molecule has 0 aromatic heterocycles. The standard InChI is InChI=1S/C13H24N2O.C12H24N2O2S.C11H20N2O2.C10H20N2O.C10H19NO.C9H18FNO.C8H17NO.C5H11NO.4CH4/c1-10(2)14-11-6-8-15(9-7-11)12(16)13(3,4)5;1-12(2,3)11(15)14-8-6-10(7-9-14)13-17(4,5)16;1-9(14)12-5-7-13(8-6-12)10(15)11(2,3)4;1-10(2,3)9(13)12-6-4-8(11)5-7-12;1-8(2)10(12)11-6-4-9(3)5-7-11;1-5-7(10)6-11-8(12)9(2,3)4;1-5-6-9-7(10)8(2,3)4;1-4(2)5(7)6-3;;;;/h11,14H,1,6-9H2,2-5H3;10H,4,6-9H2,1-3,5H3,(H,13,16);5-8H2,1-4H3;8H,4-7,11H2,1-3H3;8-9H,4-7H2,1-3H3;7H,5-6H2,1-4H3,(H,11,12);5-6H2,1-4H3,(H,9,10);4H,1-3H3,(H,6,7);4*1H4. The number of allylic oxidation sites excluding steroid dienone is 1. The van der Waals surface area contributed by atoms with Gasteiger partial charge in [-0.05, 0) is 82.9 Å². The Labute approximate surface area is 651 Å². The maximum absolute atomic E-state index is 12.7. The van der Waals surface area contributed by atoms with E-state index in [4.69, 9.17) is 5.73 Å². The lowest BCUT2D eigenvalue weighted by atomic mass is 9.93. The smallest absolute Gasteiger partial charge is 0.228 e. The Bertz CT molecular complexity index is 2630. The minimum atomic E-state index is -2.14. The van der Waals surface area contributed by atoms with Crippen molar-refractivity contribution in [2.24, 2.45) is 56.0 Å². The molecule has 22 nitrogen and oxygen atoms in total. The molecule has 5 aliphatic heterocycles. The van der Waals surface area contributed by atoms with Gasteiger partial charge in [-0.3, -0.25) is 47.4 Å². The van der Waals surface area contributed by atoms with Crippen molar-refractivity contribution in [2.75, 3.05) is 105 Å². The molecule has 7 N–H and O–H groups in total. The number of likely N-dealkylation sites (tertiary alicyclic amines) is 4. The Morgan fingerprint density at radius 3 is 1.07 bits per heavy atom. The Morgan fingerprint density at radius 1 is 0.491 bits per heavy atom. The molecule has 5 aliphatic rings. The summed E-state index contributed by atoms with van der Waals surface area (Å²) in [7, 11) is -0.502. The van der Waals surface area contributed by atoms with E-state index in [2.05, 4.69) is 45.4 Å². The topological polar surface area (TPSA) is 276 Å². The van der Waals surface area contributed by atoms with E-state index < -0.39 is 21.3 Å². The van der Waals surface area contributed by atoms with Crippen LogP contribution in [0.25, 0.3) is 0 Å². The fourth-order valence-electron chi connectivity index (χ4n) is 10.4. The Hall–Kier alpha value is -5.36. The lowest BCUT2D eigenvalue weighted by Gasteiger charge is -2.37. The van der Waals surface area contributed by atoms with Gasteiger partial charge in [0, 0.05) is 190 Å². The molecule has 630 valence electrons. The zero-order valence-corrected chi connectivity index (χ0v) is 70.9. The lowest BCUT2D eigenvalue weighted by molar-refractivity contribution is -0.144. The minimum Gasteiger partial charge on any atom is -0.386 e. The molecule has 106 heavy (non-hydrogen) atoms. The lowest BCUT2D eigenvalue weighted by Crippen LogP contribution is -2.52. The molecule has 5 fully saturated rings. The van der Waals surface area contributed by atoms with Gasteiger partial charge in [-0.1, -0.05) is 209 Å². The monoisotopic (exact) mass is 1530 g/mol. The second-order valence-electron chi connectivity index (χ2n) is 35.0. The highest BCUT2D eigenvalue weighted by Crippen LogP contribution is 2.25. The second-order valence-corrected chi connectivity index (χ2v) is 37.3. The van der Waals surface area contributed by atoms with Crippen LogP contribution in [0.1, 0.15) is 281 Å². The molecule has 0 aromatic carbocycles. The van der Waals surface area contributed by atoms with Crippen molar-refractivity contribution in [1.82, 2.24) is 55.4 Å². The van der Waals surface area contributed by atoms with Crippen molar-refractivity contribution in [2.45, 2.75) is 305 Å². The summed E-state index contributed by atoms with van der Waals surface area (Å²) in [5.74, 6) is 6.11. The van der Waals surface area contributed by atoms with Crippen LogP contribution in [-0.4, -0.2) is 222 Å². The number of hydrogen-bond acceptors (Lipinski definition) is 12. The Kier molecular flexibility index (Phi) is 57.5. The quantitative estimate of drug-likeness (QED) is 0.105. The van der Waals surface area contributed by atoms with Crippen molar-refractivity contribution < 1.29 is 51.8 Å². The molecule has 0 aromatic rings. The molecule has 5 saturated heterocycles. The third kappa shape index (κ3) is 51.9. The van der Waals surface area contributed by atoms with E-state index >= 15 is 0 Å². The molecule has 0 spiro atoms. The third-order valence-electron chi connectivity index (χ3n) is 17.0. The number of hydrogen-bond donors (Lipinski definition) is 6. The summed E-state index contributed by atoms with van der Waals surface area (Å²) in [6.45, 7) is 66.1. The van der Waals surface area contributed by atoms with Crippen LogP contribution in [0.15, 0.2) is 12.3 Å². The van der Waals surface area contributed by atoms with Crippen molar-refractivity contribution in [1.29, 1.82) is 0 Å². The first-order chi connectivity index (χ1) is 46.3. The molecule has 9 amide bonds. The molecule has 2 unspecified atom stereocenters. The number of amides is 9. The molecule has 5 heterocycles. The summed E-state index contributed by atoms with van der Waals surface area (Å²) in [6, 6.07) is 1.000. The number of piperazine rings is 1. The van der Waals surface area contributed by atoms with E-state index in [1.807, 2.05) is 191 Å². The first kappa shape index (κ1) is 114. The number of rotatable bonds is 11. The Morgan fingerprint density at radius 2 is 0.802 bits per heavy atom. The number of nitrogens with two attached hydrogens (primary N) is 1. The van der Waals surface area contributed by atoms with E-state index in [1.54, 1.807) is 32.1 Å². The zero-order chi connectivity index (χ0) is 80.3. The number of carbonyl (C=O) groups excluding carboxylic acids is 9. The van der Waals surface area contributed by atoms with Gasteiger partial charge in [0.25, 0.3) is 0 Å². The molecular weight excluding hydrogens is 1360 g/mol. The van der Waals surface area contributed by atoms with E-state index in [0.29, 0.717) is 50.6 Å². The second kappa shape index (κ2) is 53.5. The van der Waals surface area contributed by atoms with E-state index in [9.17, 15) is 51.8 Å². The highest BCUT2D eigenvalue weighted by atomic mass is 32.2. The summed E-state index contributed by atoms with van der Waals surface area (Å²) >= 11 is 0. The third-order valence-corrected chi connectivity index (χ3v) is 17.9. The summed E-state index contributed by atoms with van der Waals surface area (Å²) in [6.07, 6.45) is 10.1. The van der Waals surface area contributed by atoms with Gasteiger partial charge in [-0.15, -0.1) is 0 Å². The van der Waals surface area contributed by atoms with Crippen molar-refractivity contribution >= 4 is 68.7 Å². The van der Waals surface area contributed by atoms with Gasteiger partial charge in [0.05, 0.1) is 0 Å². The normalized spacial score (nSPS) is 16.9. The highest BCUT2D eigenvalue weighted by Gasteiger charge is 2.34.